The van der Waals surface area contributed by atoms with Crippen molar-refractivity contribution < 1.29 is 0 Å². The fourth-order valence-electron chi connectivity index (χ4n) is 2.65. The molecule has 1 N–H and O–H groups in total. The van der Waals surface area contributed by atoms with Crippen LogP contribution in [-0.2, 0) is 0 Å². The van der Waals surface area contributed by atoms with Gasteiger partial charge in [-0.25, -0.2) is 0 Å². The minimum absolute atomic E-state index is 0.549. The second kappa shape index (κ2) is 4.22. The normalized spacial score (nSPS) is 33.6. The third-order valence-electron chi connectivity index (χ3n) is 3.81. The van der Waals surface area contributed by atoms with Crippen molar-refractivity contribution >= 4 is 0 Å². The third kappa shape index (κ3) is 2.98. The first-order valence-electron chi connectivity index (χ1n) is 6.08. The topological polar surface area (TPSA) is 12.0 Å². The fraction of sp³-hybridized carbons (Fsp3) is 1.00. The van der Waals surface area contributed by atoms with Gasteiger partial charge in [0.1, 0.15) is 0 Å². The molecule has 0 saturated heterocycles. The second-order valence-corrected chi connectivity index (χ2v) is 6.36. The van der Waals surface area contributed by atoms with Gasteiger partial charge in [0.05, 0.1) is 0 Å². The SMILES string of the molecule is CC(C)C(C)NC1CC(C)(C)CC1C. The Hall–Kier alpha value is -0.0400. The predicted octanol–water partition coefficient (Wildman–Crippen LogP) is 3.45. The zero-order valence-corrected chi connectivity index (χ0v) is 10.7. The van der Waals surface area contributed by atoms with E-state index in [0.717, 1.165) is 17.9 Å². The van der Waals surface area contributed by atoms with E-state index in [4.69, 9.17) is 0 Å². The summed E-state index contributed by atoms with van der Waals surface area (Å²) in [5.41, 5.74) is 0.549. The minimum Gasteiger partial charge on any atom is -0.311 e. The van der Waals surface area contributed by atoms with Crippen molar-refractivity contribution in [3.8, 4) is 0 Å². The summed E-state index contributed by atoms with van der Waals surface area (Å²) in [5, 5.41) is 3.78. The van der Waals surface area contributed by atoms with E-state index in [-0.39, 0.29) is 0 Å². The molecule has 0 amide bonds. The lowest BCUT2D eigenvalue weighted by Gasteiger charge is -2.25. The lowest BCUT2D eigenvalue weighted by molar-refractivity contribution is 0.325. The van der Waals surface area contributed by atoms with E-state index in [1.807, 2.05) is 0 Å². The van der Waals surface area contributed by atoms with Gasteiger partial charge in [0.2, 0.25) is 0 Å². The van der Waals surface area contributed by atoms with Gasteiger partial charge in [-0.05, 0) is 37.0 Å². The largest absolute Gasteiger partial charge is 0.311 e. The highest BCUT2D eigenvalue weighted by Crippen LogP contribution is 2.41. The molecule has 1 aliphatic carbocycles. The van der Waals surface area contributed by atoms with Crippen molar-refractivity contribution in [1.29, 1.82) is 0 Å². The van der Waals surface area contributed by atoms with Crippen LogP contribution in [0.3, 0.4) is 0 Å². The Kier molecular flexibility index (Phi) is 3.63. The van der Waals surface area contributed by atoms with Gasteiger partial charge in [-0.3, -0.25) is 0 Å². The Morgan fingerprint density at radius 3 is 2.07 bits per heavy atom. The Morgan fingerprint density at radius 1 is 1.14 bits per heavy atom. The molecule has 0 aromatic carbocycles. The molecule has 0 radical (unpaired) electrons. The van der Waals surface area contributed by atoms with Gasteiger partial charge in [0, 0.05) is 12.1 Å². The molecule has 1 saturated carbocycles. The van der Waals surface area contributed by atoms with E-state index in [1.165, 1.54) is 12.8 Å². The molecular weight excluding hydrogens is 170 g/mol. The van der Waals surface area contributed by atoms with E-state index >= 15 is 0 Å². The van der Waals surface area contributed by atoms with Crippen LogP contribution < -0.4 is 5.32 Å². The van der Waals surface area contributed by atoms with Crippen LogP contribution in [0.25, 0.3) is 0 Å². The van der Waals surface area contributed by atoms with E-state index < -0.39 is 0 Å². The minimum atomic E-state index is 0.549. The fourth-order valence-corrected chi connectivity index (χ4v) is 2.65. The van der Waals surface area contributed by atoms with Crippen LogP contribution in [0.2, 0.25) is 0 Å². The molecule has 1 nitrogen and oxygen atoms in total. The van der Waals surface area contributed by atoms with Crippen molar-refractivity contribution in [3.63, 3.8) is 0 Å². The number of hydrogen-bond acceptors (Lipinski definition) is 1. The Labute approximate surface area is 89.7 Å². The van der Waals surface area contributed by atoms with E-state index in [9.17, 15) is 0 Å². The highest BCUT2D eigenvalue weighted by molar-refractivity contribution is 4.92. The smallest absolute Gasteiger partial charge is 0.0101 e. The van der Waals surface area contributed by atoms with Gasteiger partial charge in [-0.1, -0.05) is 34.6 Å². The highest BCUT2D eigenvalue weighted by atomic mass is 15.0. The van der Waals surface area contributed by atoms with Crippen LogP contribution in [0.15, 0.2) is 0 Å². The zero-order valence-electron chi connectivity index (χ0n) is 10.7. The summed E-state index contributed by atoms with van der Waals surface area (Å²) in [4.78, 5) is 0. The first-order valence-corrected chi connectivity index (χ1v) is 6.08. The highest BCUT2D eigenvalue weighted by Gasteiger charge is 2.36. The molecular formula is C13H27N. The quantitative estimate of drug-likeness (QED) is 0.731. The first kappa shape index (κ1) is 12.0. The molecule has 0 bridgehead atoms. The summed E-state index contributed by atoms with van der Waals surface area (Å²) in [7, 11) is 0. The van der Waals surface area contributed by atoms with Crippen LogP contribution >= 0.6 is 0 Å². The summed E-state index contributed by atoms with van der Waals surface area (Å²) < 4.78 is 0. The molecule has 0 spiro atoms. The maximum Gasteiger partial charge on any atom is 0.0101 e. The molecule has 0 heterocycles. The Bertz CT molecular complexity index is 184. The average molecular weight is 197 g/mol. The molecule has 0 aliphatic heterocycles. The average Bonchev–Trinajstić information content (AvgIpc) is 2.24. The number of rotatable bonds is 3. The summed E-state index contributed by atoms with van der Waals surface area (Å²) in [6, 6.07) is 1.39. The molecule has 1 aliphatic rings. The van der Waals surface area contributed by atoms with Gasteiger partial charge >= 0.3 is 0 Å². The van der Waals surface area contributed by atoms with Crippen LogP contribution in [0, 0.1) is 17.3 Å². The van der Waals surface area contributed by atoms with Gasteiger partial charge in [-0.2, -0.15) is 0 Å². The molecule has 14 heavy (non-hydrogen) atoms. The molecule has 1 heteroatoms. The maximum absolute atomic E-state index is 3.78. The summed E-state index contributed by atoms with van der Waals surface area (Å²) >= 11 is 0. The molecule has 3 unspecified atom stereocenters. The molecule has 1 rings (SSSR count). The monoisotopic (exact) mass is 197 g/mol. The summed E-state index contributed by atoms with van der Waals surface area (Å²) in [6.45, 7) is 14.1. The standard InChI is InChI=1S/C13H27N/c1-9(2)11(4)14-12-8-13(5,6)7-10(12)3/h9-12,14H,7-8H2,1-6H3. The number of nitrogens with one attached hydrogen (secondary N) is 1. The van der Waals surface area contributed by atoms with Gasteiger partial charge < -0.3 is 5.32 Å². The molecule has 0 aromatic heterocycles. The molecule has 1 fully saturated rings. The second-order valence-electron chi connectivity index (χ2n) is 6.36. The third-order valence-corrected chi connectivity index (χ3v) is 3.81. The van der Waals surface area contributed by atoms with E-state index in [1.54, 1.807) is 0 Å². The van der Waals surface area contributed by atoms with E-state index in [2.05, 4.69) is 46.9 Å². The number of hydrogen-bond donors (Lipinski definition) is 1. The van der Waals surface area contributed by atoms with Crippen LogP contribution in [0.1, 0.15) is 54.4 Å². The van der Waals surface area contributed by atoms with Crippen LogP contribution in [-0.4, -0.2) is 12.1 Å². The molecule has 3 atom stereocenters. The maximum atomic E-state index is 3.78. The predicted molar refractivity (Wildman–Crippen MR) is 63.4 cm³/mol. The van der Waals surface area contributed by atoms with Crippen molar-refractivity contribution in [2.75, 3.05) is 0 Å². The zero-order chi connectivity index (χ0) is 10.9. The van der Waals surface area contributed by atoms with Crippen LogP contribution in [0.5, 0.6) is 0 Å². The van der Waals surface area contributed by atoms with Crippen molar-refractivity contribution in [1.82, 2.24) is 5.32 Å². The lowest BCUT2D eigenvalue weighted by Crippen LogP contribution is -2.41. The summed E-state index contributed by atoms with van der Waals surface area (Å²) in [5.74, 6) is 1.58. The van der Waals surface area contributed by atoms with Crippen molar-refractivity contribution in [2.45, 2.75) is 66.5 Å². The van der Waals surface area contributed by atoms with E-state index in [0.29, 0.717) is 11.5 Å². The van der Waals surface area contributed by atoms with Crippen molar-refractivity contribution in [3.05, 3.63) is 0 Å². The van der Waals surface area contributed by atoms with Gasteiger partial charge in [0.25, 0.3) is 0 Å². The lowest BCUT2D eigenvalue weighted by atomic mass is 9.91. The molecule has 0 aromatic rings. The van der Waals surface area contributed by atoms with Crippen LogP contribution in [0.4, 0.5) is 0 Å². The summed E-state index contributed by atoms with van der Waals surface area (Å²) in [6.07, 6.45) is 2.71. The Balaban J connectivity index is 2.47. The Morgan fingerprint density at radius 2 is 1.71 bits per heavy atom. The van der Waals surface area contributed by atoms with Crippen molar-refractivity contribution in [2.24, 2.45) is 17.3 Å². The van der Waals surface area contributed by atoms with Gasteiger partial charge in [0.15, 0.2) is 0 Å². The molecule has 84 valence electrons. The first-order chi connectivity index (χ1) is 6.32. The van der Waals surface area contributed by atoms with Gasteiger partial charge in [-0.15, -0.1) is 0 Å².